The molecule has 0 bridgehead atoms. The van der Waals surface area contributed by atoms with Crippen LogP contribution in [0, 0.1) is 29.1 Å². The monoisotopic (exact) mass is 495 g/mol. The van der Waals surface area contributed by atoms with Crippen LogP contribution in [0.15, 0.2) is 52.0 Å². The first-order valence-corrected chi connectivity index (χ1v) is 14.3. The molecule has 2 N–H and O–H groups in total. The van der Waals surface area contributed by atoms with E-state index in [-0.39, 0.29) is 17.4 Å². The van der Waals surface area contributed by atoms with Crippen LogP contribution in [0.4, 0.5) is 0 Å². The first-order chi connectivity index (χ1) is 16.5. The van der Waals surface area contributed by atoms with Crippen molar-refractivity contribution in [1.82, 2.24) is 4.31 Å². The highest BCUT2D eigenvalue weighted by molar-refractivity contribution is 7.89. The maximum atomic E-state index is 12.7. The third-order valence-electron chi connectivity index (χ3n) is 9.41. The number of allylic oxidation sites excluding steroid dienone is 3. The molecule has 0 aromatic heterocycles. The van der Waals surface area contributed by atoms with Crippen molar-refractivity contribution in [1.29, 1.82) is 0 Å². The average molecular weight is 496 g/mol. The van der Waals surface area contributed by atoms with E-state index in [2.05, 4.69) is 18.8 Å². The van der Waals surface area contributed by atoms with Crippen molar-refractivity contribution in [2.75, 3.05) is 14.1 Å². The van der Waals surface area contributed by atoms with Crippen molar-refractivity contribution in [2.45, 2.75) is 81.3 Å². The van der Waals surface area contributed by atoms with E-state index in [9.17, 15) is 18.6 Å². The zero-order chi connectivity index (χ0) is 25.2. The topological polar surface area (TPSA) is 77.8 Å². The van der Waals surface area contributed by atoms with E-state index in [1.807, 2.05) is 18.2 Å². The number of aliphatic hydroxyl groups is 2. The maximum Gasteiger partial charge on any atom is 0.242 e. The lowest BCUT2D eigenvalue weighted by molar-refractivity contribution is -0.0514. The number of rotatable bonds is 3. The van der Waals surface area contributed by atoms with Crippen molar-refractivity contribution in [3.05, 3.63) is 52.6 Å². The molecule has 0 saturated heterocycles. The minimum Gasteiger partial charge on any atom is -0.389 e. The Morgan fingerprint density at radius 1 is 1.09 bits per heavy atom. The predicted molar refractivity (Wildman–Crippen MR) is 137 cm³/mol. The minimum atomic E-state index is -3.50. The molecule has 2 saturated carbocycles. The van der Waals surface area contributed by atoms with Crippen molar-refractivity contribution in [3.63, 3.8) is 0 Å². The summed E-state index contributed by atoms with van der Waals surface area (Å²) >= 11 is 0. The van der Waals surface area contributed by atoms with Crippen LogP contribution in [0.3, 0.4) is 0 Å². The molecule has 35 heavy (non-hydrogen) atoms. The SMILES string of the molecule is CC#C[C@]1(O)CC[C@H]2[C@@H]3CCC4=CC(O)CCC4=C3[C@@H](c3ccc(S(=O)(=O)N(C)C)cc3)C[C@@]21C. The molecule has 0 aliphatic heterocycles. The summed E-state index contributed by atoms with van der Waals surface area (Å²) in [6.45, 7) is 4.03. The van der Waals surface area contributed by atoms with Gasteiger partial charge in [-0.1, -0.05) is 36.6 Å². The van der Waals surface area contributed by atoms with Crippen LogP contribution >= 0.6 is 0 Å². The Kier molecular flexibility index (Phi) is 6.08. The second-order valence-corrected chi connectivity index (χ2v) is 13.4. The van der Waals surface area contributed by atoms with Gasteiger partial charge < -0.3 is 10.2 Å². The molecule has 1 aromatic carbocycles. The summed E-state index contributed by atoms with van der Waals surface area (Å²) in [7, 11) is -0.405. The molecule has 0 spiro atoms. The van der Waals surface area contributed by atoms with Crippen molar-refractivity contribution in [2.24, 2.45) is 17.3 Å². The van der Waals surface area contributed by atoms with Gasteiger partial charge in [0.15, 0.2) is 0 Å². The lowest BCUT2D eigenvalue weighted by Gasteiger charge is -2.54. The van der Waals surface area contributed by atoms with E-state index in [0.29, 0.717) is 23.2 Å². The molecule has 6 heteroatoms. The van der Waals surface area contributed by atoms with Crippen LogP contribution in [-0.4, -0.2) is 48.7 Å². The van der Waals surface area contributed by atoms with Crippen molar-refractivity contribution in [3.8, 4) is 11.8 Å². The molecule has 4 aliphatic rings. The Balaban J connectivity index is 1.65. The van der Waals surface area contributed by atoms with Gasteiger partial charge >= 0.3 is 0 Å². The van der Waals surface area contributed by atoms with E-state index in [1.165, 1.54) is 21.0 Å². The molecule has 1 unspecified atom stereocenters. The smallest absolute Gasteiger partial charge is 0.242 e. The Labute approximate surface area is 210 Å². The number of sulfonamides is 1. The first-order valence-electron chi connectivity index (χ1n) is 12.8. The minimum absolute atomic E-state index is 0.0922. The molecule has 4 aliphatic carbocycles. The molecule has 0 radical (unpaired) electrons. The third kappa shape index (κ3) is 3.74. The van der Waals surface area contributed by atoms with Gasteiger partial charge in [-0.2, -0.15) is 0 Å². The van der Waals surface area contributed by atoms with Gasteiger partial charge in [-0.25, -0.2) is 12.7 Å². The fourth-order valence-electron chi connectivity index (χ4n) is 7.58. The largest absolute Gasteiger partial charge is 0.389 e. The number of aliphatic hydroxyl groups excluding tert-OH is 1. The first kappa shape index (κ1) is 24.8. The normalized spacial score (nSPS) is 36.6. The fraction of sp³-hybridized carbons (Fsp3) is 0.586. The van der Waals surface area contributed by atoms with Crippen molar-refractivity contribution < 1.29 is 18.6 Å². The highest BCUT2D eigenvalue weighted by atomic mass is 32.2. The molecular formula is C29H37NO4S. The molecule has 6 atom stereocenters. The summed E-state index contributed by atoms with van der Waals surface area (Å²) < 4.78 is 26.6. The molecule has 0 heterocycles. The second kappa shape index (κ2) is 8.59. The van der Waals surface area contributed by atoms with Gasteiger partial charge in [0.05, 0.1) is 11.0 Å². The highest BCUT2D eigenvalue weighted by Gasteiger charge is 2.62. The van der Waals surface area contributed by atoms with Gasteiger partial charge in [0.25, 0.3) is 0 Å². The van der Waals surface area contributed by atoms with Gasteiger partial charge in [0.1, 0.15) is 5.60 Å². The van der Waals surface area contributed by atoms with E-state index in [1.54, 1.807) is 33.2 Å². The van der Waals surface area contributed by atoms with Crippen LogP contribution in [0.5, 0.6) is 0 Å². The van der Waals surface area contributed by atoms with Gasteiger partial charge in [0.2, 0.25) is 10.0 Å². The van der Waals surface area contributed by atoms with Crippen LogP contribution in [0.25, 0.3) is 0 Å². The van der Waals surface area contributed by atoms with Gasteiger partial charge in [0, 0.05) is 25.4 Å². The third-order valence-corrected chi connectivity index (χ3v) is 11.2. The summed E-state index contributed by atoms with van der Waals surface area (Å²) in [5.74, 6) is 7.03. The molecule has 5 rings (SSSR count). The molecule has 188 valence electrons. The van der Waals surface area contributed by atoms with E-state index < -0.39 is 15.6 Å². The molecule has 1 aromatic rings. The average Bonchev–Trinajstić information content (AvgIpc) is 3.08. The summed E-state index contributed by atoms with van der Waals surface area (Å²) in [6, 6.07) is 7.36. The van der Waals surface area contributed by atoms with E-state index in [0.717, 1.165) is 44.1 Å². The quantitative estimate of drug-likeness (QED) is 0.610. The van der Waals surface area contributed by atoms with Gasteiger partial charge in [-0.05, 0) is 92.5 Å². The Hall–Kier alpha value is -1.91. The Morgan fingerprint density at radius 2 is 1.80 bits per heavy atom. The van der Waals surface area contributed by atoms with Gasteiger partial charge in [-0.15, -0.1) is 5.92 Å². The Bertz CT molecular complexity index is 1250. The van der Waals surface area contributed by atoms with Crippen molar-refractivity contribution >= 4 is 10.0 Å². The Morgan fingerprint density at radius 3 is 2.46 bits per heavy atom. The van der Waals surface area contributed by atoms with Gasteiger partial charge in [-0.3, -0.25) is 0 Å². The van der Waals surface area contributed by atoms with E-state index in [4.69, 9.17) is 0 Å². The molecule has 2 fully saturated rings. The number of benzene rings is 1. The summed E-state index contributed by atoms with van der Waals surface area (Å²) in [6.07, 6.45) is 7.75. The van der Waals surface area contributed by atoms with Crippen LogP contribution in [0.2, 0.25) is 0 Å². The number of fused-ring (bicyclic) bond motifs is 4. The summed E-state index contributed by atoms with van der Waals surface area (Å²) in [5, 5.41) is 22.1. The highest BCUT2D eigenvalue weighted by Crippen LogP contribution is 2.66. The second-order valence-electron chi connectivity index (χ2n) is 11.3. The zero-order valence-corrected chi connectivity index (χ0v) is 22.0. The standard InChI is InChI=1S/C29H37NO4S/c1-5-15-29(32)16-14-26-24-12-8-20-17-21(31)9-13-23(20)27(24)25(18-28(26,29)2)19-6-10-22(11-7-19)35(33,34)30(3)4/h6-7,10-11,17,21,24-26,31-32H,8-9,12-14,16,18H2,1-4H3/t21?,24-,25+,26-,28-,29-/m0/s1. The summed E-state index contributed by atoms with van der Waals surface area (Å²) in [4.78, 5) is 0.291. The van der Waals surface area contributed by atoms with Crippen LogP contribution < -0.4 is 0 Å². The fourth-order valence-corrected chi connectivity index (χ4v) is 8.48. The molecular weight excluding hydrogens is 458 g/mol. The number of hydrogen-bond donors (Lipinski definition) is 2. The van der Waals surface area contributed by atoms with Crippen LogP contribution in [0.1, 0.15) is 70.3 Å². The lowest BCUT2D eigenvalue weighted by Crippen LogP contribution is -2.51. The predicted octanol–water partition coefficient (Wildman–Crippen LogP) is 4.38. The lowest BCUT2D eigenvalue weighted by atomic mass is 9.51. The molecule has 0 amide bonds. The zero-order valence-electron chi connectivity index (χ0n) is 21.2. The van der Waals surface area contributed by atoms with E-state index >= 15 is 0 Å². The maximum absolute atomic E-state index is 12.7. The van der Waals surface area contributed by atoms with Crippen LogP contribution in [-0.2, 0) is 10.0 Å². The number of hydrogen-bond acceptors (Lipinski definition) is 4. The molecule has 5 nitrogen and oxygen atoms in total. The summed E-state index contributed by atoms with van der Waals surface area (Å²) in [5.41, 5.74) is 3.92. The number of nitrogens with zero attached hydrogens (tertiary/aromatic N) is 1.